The molecular weight excluding hydrogens is 220 g/mol. The van der Waals surface area contributed by atoms with Crippen molar-refractivity contribution in [1.82, 2.24) is 4.90 Å². The molecule has 0 N–H and O–H groups in total. The van der Waals surface area contributed by atoms with Crippen molar-refractivity contribution in [2.24, 2.45) is 0 Å². The third-order valence-corrected chi connectivity index (χ3v) is 2.71. The first-order chi connectivity index (χ1) is 8.13. The molecule has 1 aliphatic heterocycles. The summed E-state index contributed by atoms with van der Waals surface area (Å²) in [6.07, 6.45) is 0. The van der Waals surface area contributed by atoms with E-state index in [1.807, 2.05) is 6.07 Å². The topological polar surface area (TPSA) is 62.6 Å². The van der Waals surface area contributed by atoms with Crippen LogP contribution in [0.25, 0.3) is 0 Å². The minimum atomic E-state index is -0.465. The minimum absolute atomic E-state index is 0.178. The van der Waals surface area contributed by atoms with E-state index in [2.05, 4.69) is 0 Å². The Balaban J connectivity index is 2.23. The molecule has 0 fully saturated rings. The highest BCUT2D eigenvalue weighted by Gasteiger charge is 2.20. The zero-order valence-corrected chi connectivity index (χ0v) is 9.64. The fourth-order valence-electron chi connectivity index (χ4n) is 1.50. The third-order valence-electron chi connectivity index (χ3n) is 2.71. The fourth-order valence-corrected chi connectivity index (χ4v) is 1.50. The summed E-state index contributed by atoms with van der Waals surface area (Å²) in [5, 5.41) is 8.77. The van der Waals surface area contributed by atoms with Gasteiger partial charge < -0.3 is 14.4 Å². The maximum absolute atomic E-state index is 12.0. The highest BCUT2D eigenvalue weighted by Crippen LogP contribution is 2.32. The zero-order chi connectivity index (χ0) is 12.4. The van der Waals surface area contributed by atoms with Crippen LogP contribution in [0.5, 0.6) is 11.5 Å². The number of amides is 1. The smallest absolute Gasteiger partial charge is 0.254 e. The first-order valence-corrected chi connectivity index (χ1v) is 5.20. The lowest BCUT2D eigenvalue weighted by Crippen LogP contribution is -2.33. The summed E-state index contributed by atoms with van der Waals surface area (Å²) in [6, 6.07) is 6.54. The fraction of sp³-hybridized carbons (Fsp3) is 0.333. The minimum Gasteiger partial charge on any atom is -0.454 e. The van der Waals surface area contributed by atoms with Gasteiger partial charge in [-0.15, -0.1) is 0 Å². The van der Waals surface area contributed by atoms with Crippen LogP contribution in [0.1, 0.15) is 17.3 Å². The van der Waals surface area contributed by atoms with Crippen molar-refractivity contribution >= 4 is 5.91 Å². The van der Waals surface area contributed by atoms with E-state index in [1.165, 1.54) is 4.90 Å². The Morgan fingerprint density at radius 1 is 1.47 bits per heavy atom. The summed E-state index contributed by atoms with van der Waals surface area (Å²) in [5.74, 6) is 0.990. The molecule has 1 unspecified atom stereocenters. The highest BCUT2D eigenvalue weighted by molar-refractivity contribution is 5.95. The Morgan fingerprint density at radius 2 is 2.18 bits per heavy atom. The summed E-state index contributed by atoms with van der Waals surface area (Å²) in [7, 11) is 1.60. The number of benzene rings is 1. The molecule has 17 heavy (non-hydrogen) atoms. The Morgan fingerprint density at radius 3 is 2.88 bits per heavy atom. The van der Waals surface area contributed by atoms with Gasteiger partial charge in [0.15, 0.2) is 11.5 Å². The molecule has 0 radical (unpaired) electrons. The van der Waals surface area contributed by atoms with E-state index in [0.29, 0.717) is 17.1 Å². The van der Waals surface area contributed by atoms with E-state index in [0.717, 1.165) is 0 Å². The molecule has 0 spiro atoms. The van der Waals surface area contributed by atoms with Crippen LogP contribution >= 0.6 is 0 Å². The number of ether oxygens (including phenoxy) is 2. The molecular formula is C12H12N2O3. The molecule has 0 bridgehead atoms. The number of carbonyl (C=O) groups excluding carboxylic acids is 1. The van der Waals surface area contributed by atoms with Crippen LogP contribution in [0.2, 0.25) is 0 Å². The van der Waals surface area contributed by atoms with E-state index in [1.54, 1.807) is 32.2 Å². The monoisotopic (exact) mass is 232 g/mol. The van der Waals surface area contributed by atoms with Crippen molar-refractivity contribution in [2.75, 3.05) is 13.8 Å². The first-order valence-electron chi connectivity index (χ1n) is 5.20. The Kier molecular flexibility index (Phi) is 2.88. The normalized spacial score (nSPS) is 13.9. The van der Waals surface area contributed by atoms with Gasteiger partial charge in [-0.05, 0) is 25.1 Å². The summed E-state index contributed by atoms with van der Waals surface area (Å²) in [5.41, 5.74) is 0.485. The number of nitrogens with zero attached hydrogens (tertiary/aromatic N) is 2. The maximum Gasteiger partial charge on any atom is 0.254 e. The van der Waals surface area contributed by atoms with E-state index < -0.39 is 6.04 Å². The molecule has 0 saturated heterocycles. The van der Waals surface area contributed by atoms with Gasteiger partial charge in [-0.3, -0.25) is 4.79 Å². The molecule has 88 valence electrons. The van der Waals surface area contributed by atoms with Gasteiger partial charge in [0.05, 0.1) is 6.07 Å². The quantitative estimate of drug-likeness (QED) is 0.773. The number of nitriles is 1. The molecule has 1 aliphatic rings. The van der Waals surface area contributed by atoms with Gasteiger partial charge >= 0.3 is 0 Å². The lowest BCUT2D eigenvalue weighted by Gasteiger charge is -2.19. The van der Waals surface area contributed by atoms with E-state index in [-0.39, 0.29) is 12.7 Å². The molecule has 2 rings (SSSR count). The van der Waals surface area contributed by atoms with E-state index in [9.17, 15) is 4.79 Å². The van der Waals surface area contributed by atoms with Crippen molar-refractivity contribution in [3.05, 3.63) is 23.8 Å². The Labute approximate surface area is 99.2 Å². The SMILES string of the molecule is CC(C#N)N(C)C(=O)c1ccc2c(c1)OCO2. The lowest BCUT2D eigenvalue weighted by molar-refractivity contribution is 0.0772. The third kappa shape index (κ3) is 2.02. The van der Waals surface area contributed by atoms with Gasteiger partial charge in [0.25, 0.3) is 5.91 Å². The molecule has 1 atom stereocenters. The second-order valence-electron chi connectivity index (χ2n) is 3.79. The molecule has 1 aromatic carbocycles. The van der Waals surface area contributed by atoms with E-state index in [4.69, 9.17) is 14.7 Å². The Bertz CT molecular complexity index is 493. The lowest BCUT2D eigenvalue weighted by atomic mass is 10.1. The second kappa shape index (κ2) is 4.34. The number of hydrogen-bond acceptors (Lipinski definition) is 4. The molecule has 5 heteroatoms. The summed E-state index contributed by atoms with van der Waals surface area (Å²) in [4.78, 5) is 13.4. The summed E-state index contributed by atoms with van der Waals surface area (Å²) in [6.45, 7) is 1.85. The van der Waals surface area contributed by atoms with Crippen LogP contribution < -0.4 is 9.47 Å². The highest BCUT2D eigenvalue weighted by atomic mass is 16.7. The molecule has 0 aliphatic carbocycles. The van der Waals surface area contributed by atoms with Crippen molar-refractivity contribution < 1.29 is 14.3 Å². The Hall–Kier alpha value is -2.22. The number of hydrogen-bond donors (Lipinski definition) is 0. The number of fused-ring (bicyclic) bond motifs is 1. The average Bonchev–Trinajstić information content (AvgIpc) is 2.83. The van der Waals surface area contributed by atoms with Crippen LogP contribution in [0.3, 0.4) is 0 Å². The van der Waals surface area contributed by atoms with Gasteiger partial charge in [-0.2, -0.15) is 5.26 Å². The second-order valence-corrected chi connectivity index (χ2v) is 3.79. The van der Waals surface area contributed by atoms with Gasteiger partial charge in [0.2, 0.25) is 6.79 Å². The van der Waals surface area contributed by atoms with Gasteiger partial charge in [0.1, 0.15) is 6.04 Å². The predicted molar refractivity (Wildman–Crippen MR) is 59.7 cm³/mol. The van der Waals surface area contributed by atoms with Crippen molar-refractivity contribution in [3.63, 3.8) is 0 Å². The largest absolute Gasteiger partial charge is 0.454 e. The summed E-state index contributed by atoms with van der Waals surface area (Å²) < 4.78 is 10.4. The van der Waals surface area contributed by atoms with Crippen LogP contribution in [0, 0.1) is 11.3 Å². The molecule has 5 nitrogen and oxygen atoms in total. The first kappa shape index (κ1) is 11.3. The van der Waals surface area contributed by atoms with Crippen LogP contribution in [-0.4, -0.2) is 30.7 Å². The van der Waals surface area contributed by atoms with Crippen molar-refractivity contribution in [2.45, 2.75) is 13.0 Å². The van der Waals surface area contributed by atoms with Crippen molar-refractivity contribution in [1.29, 1.82) is 5.26 Å². The molecule has 0 aromatic heterocycles. The maximum atomic E-state index is 12.0. The van der Waals surface area contributed by atoms with E-state index >= 15 is 0 Å². The van der Waals surface area contributed by atoms with Crippen LogP contribution in [-0.2, 0) is 0 Å². The molecule has 1 heterocycles. The van der Waals surface area contributed by atoms with Gasteiger partial charge in [0, 0.05) is 12.6 Å². The summed E-state index contributed by atoms with van der Waals surface area (Å²) >= 11 is 0. The number of carbonyl (C=O) groups is 1. The molecule has 1 amide bonds. The predicted octanol–water partition coefficient (Wildman–Crippen LogP) is 1.40. The number of rotatable bonds is 2. The molecule has 1 aromatic rings. The molecule has 0 saturated carbocycles. The standard InChI is InChI=1S/C12H12N2O3/c1-8(6-13)14(2)12(15)9-3-4-10-11(5-9)17-7-16-10/h3-5,8H,7H2,1-2H3. The van der Waals surface area contributed by atoms with Crippen molar-refractivity contribution in [3.8, 4) is 17.6 Å². The van der Waals surface area contributed by atoms with Crippen LogP contribution in [0.4, 0.5) is 0 Å². The zero-order valence-electron chi connectivity index (χ0n) is 9.64. The van der Waals surface area contributed by atoms with Gasteiger partial charge in [-0.1, -0.05) is 0 Å². The van der Waals surface area contributed by atoms with Crippen LogP contribution in [0.15, 0.2) is 18.2 Å². The average molecular weight is 232 g/mol. The van der Waals surface area contributed by atoms with Gasteiger partial charge in [-0.25, -0.2) is 0 Å².